The predicted octanol–water partition coefficient (Wildman–Crippen LogP) is 2.63. The van der Waals surface area contributed by atoms with Gasteiger partial charge in [-0.2, -0.15) is 11.8 Å². The van der Waals surface area contributed by atoms with Crippen LogP contribution in [0.3, 0.4) is 0 Å². The van der Waals surface area contributed by atoms with Crippen LogP contribution in [0.15, 0.2) is 0 Å². The number of rotatable bonds is 2. The number of carboxylic acids is 1. The molecule has 1 saturated carbocycles. The average Bonchev–Trinajstić information content (AvgIpc) is 2.13. The van der Waals surface area contributed by atoms with E-state index in [-0.39, 0.29) is 5.41 Å². The molecular weight excluding hydrogens is 196 g/mol. The third-order valence-corrected chi connectivity index (χ3v) is 5.01. The summed E-state index contributed by atoms with van der Waals surface area (Å²) in [7, 11) is 0. The third-order valence-electron chi connectivity index (χ3n) is 3.79. The molecule has 2 nitrogen and oxygen atoms in total. The molecule has 2 aliphatic rings. The Labute approximate surface area is 89.5 Å². The first-order valence-electron chi connectivity index (χ1n) is 5.46. The van der Waals surface area contributed by atoms with Crippen molar-refractivity contribution in [1.82, 2.24) is 0 Å². The highest BCUT2D eigenvalue weighted by Gasteiger charge is 2.53. The van der Waals surface area contributed by atoms with Crippen molar-refractivity contribution >= 4 is 17.7 Å². The molecule has 1 heterocycles. The van der Waals surface area contributed by atoms with E-state index in [1.54, 1.807) is 0 Å². The molecular formula is C11H18O2S. The van der Waals surface area contributed by atoms with E-state index in [4.69, 9.17) is 0 Å². The van der Waals surface area contributed by atoms with Crippen molar-refractivity contribution in [3.63, 3.8) is 0 Å². The van der Waals surface area contributed by atoms with E-state index in [0.29, 0.717) is 11.8 Å². The molecule has 0 aromatic rings. The molecule has 1 saturated heterocycles. The van der Waals surface area contributed by atoms with Gasteiger partial charge in [-0.05, 0) is 49.0 Å². The summed E-state index contributed by atoms with van der Waals surface area (Å²) in [4.78, 5) is 11.3. The van der Waals surface area contributed by atoms with Crippen LogP contribution in [0, 0.1) is 17.3 Å². The van der Waals surface area contributed by atoms with Gasteiger partial charge in [0.05, 0.1) is 5.41 Å². The van der Waals surface area contributed by atoms with Crippen LogP contribution in [0.5, 0.6) is 0 Å². The van der Waals surface area contributed by atoms with E-state index in [9.17, 15) is 9.90 Å². The Morgan fingerprint density at radius 2 is 2.21 bits per heavy atom. The van der Waals surface area contributed by atoms with Gasteiger partial charge in [-0.15, -0.1) is 0 Å². The second-order valence-electron chi connectivity index (χ2n) is 4.89. The van der Waals surface area contributed by atoms with Gasteiger partial charge in [-0.3, -0.25) is 4.79 Å². The topological polar surface area (TPSA) is 37.3 Å². The SMILES string of the molecule is CC1CC(C(=O)O)(C2CCCSC2)C1. The Morgan fingerprint density at radius 3 is 2.64 bits per heavy atom. The lowest BCUT2D eigenvalue weighted by Crippen LogP contribution is -2.50. The highest BCUT2D eigenvalue weighted by Crippen LogP contribution is 2.54. The molecule has 14 heavy (non-hydrogen) atoms. The van der Waals surface area contributed by atoms with Crippen LogP contribution in [0.25, 0.3) is 0 Å². The molecule has 2 rings (SSSR count). The zero-order chi connectivity index (χ0) is 10.2. The fraction of sp³-hybridized carbons (Fsp3) is 0.909. The normalized spacial score (nSPS) is 42.9. The lowest BCUT2D eigenvalue weighted by molar-refractivity contribution is -0.163. The first kappa shape index (κ1) is 10.3. The van der Waals surface area contributed by atoms with Gasteiger partial charge in [0.25, 0.3) is 0 Å². The Bertz CT molecular complexity index is 227. The van der Waals surface area contributed by atoms with E-state index in [2.05, 4.69) is 6.92 Å². The molecule has 0 aromatic carbocycles. The molecule has 0 radical (unpaired) electrons. The van der Waals surface area contributed by atoms with E-state index in [0.717, 1.165) is 25.0 Å². The Hall–Kier alpha value is -0.180. The summed E-state index contributed by atoms with van der Waals surface area (Å²) < 4.78 is 0. The van der Waals surface area contributed by atoms with Crippen molar-refractivity contribution in [2.45, 2.75) is 32.6 Å². The quantitative estimate of drug-likeness (QED) is 0.767. The summed E-state index contributed by atoms with van der Waals surface area (Å²) in [5.74, 6) is 2.82. The first-order chi connectivity index (χ1) is 6.65. The largest absolute Gasteiger partial charge is 0.481 e. The molecule has 1 aliphatic heterocycles. The number of aliphatic carboxylic acids is 1. The average molecular weight is 214 g/mol. The van der Waals surface area contributed by atoms with Crippen molar-refractivity contribution in [2.75, 3.05) is 11.5 Å². The van der Waals surface area contributed by atoms with E-state index < -0.39 is 5.97 Å². The number of hydrogen-bond donors (Lipinski definition) is 1. The molecule has 0 aromatic heterocycles. The first-order valence-corrected chi connectivity index (χ1v) is 6.62. The monoisotopic (exact) mass is 214 g/mol. The number of thioether (sulfide) groups is 1. The summed E-state index contributed by atoms with van der Waals surface area (Å²) in [5.41, 5.74) is -0.340. The summed E-state index contributed by atoms with van der Waals surface area (Å²) >= 11 is 1.93. The van der Waals surface area contributed by atoms with Crippen LogP contribution >= 0.6 is 11.8 Å². The molecule has 1 N–H and O–H groups in total. The van der Waals surface area contributed by atoms with Gasteiger partial charge in [-0.1, -0.05) is 6.92 Å². The maximum absolute atomic E-state index is 11.3. The molecule has 1 atom stereocenters. The van der Waals surface area contributed by atoms with Gasteiger partial charge in [0.1, 0.15) is 0 Å². The van der Waals surface area contributed by atoms with Gasteiger partial charge < -0.3 is 5.11 Å². The summed E-state index contributed by atoms with van der Waals surface area (Å²) in [6, 6.07) is 0. The van der Waals surface area contributed by atoms with Crippen molar-refractivity contribution < 1.29 is 9.90 Å². The highest BCUT2D eigenvalue weighted by atomic mass is 32.2. The summed E-state index contributed by atoms with van der Waals surface area (Å²) in [5, 5.41) is 9.34. The van der Waals surface area contributed by atoms with Crippen LogP contribution < -0.4 is 0 Å². The van der Waals surface area contributed by atoms with E-state index >= 15 is 0 Å². The lowest BCUT2D eigenvalue weighted by Gasteiger charge is -2.49. The van der Waals surface area contributed by atoms with Crippen LogP contribution in [0.1, 0.15) is 32.6 Å². The molecule has 0 amide bonds. The molecule has 80 valence electrons. The number of carbonyl (C=O) groups is 1. The number of carboxylic acid groups (broad SMARTS) is 1. The van der Waals surface area contributed by atoms with Crippen molar-refractivity contribution in [2.24, 2.45) is 17.3 Å². The summed E-state index contributed by atoms with van der Waals surface area (Å²) in [6.45, 7) is 2.16. The Morgan fingerprint density at radius 1 is 1.50 bits per heavy atom. The highest BCUT2D eigenvalue weighted by molar-refractivity contribution is 7.99. The molecule has 0 bridgehead atoms. The van der Waals surface area contributed by atoms with E-state index in [1.165, 1.54) is 12.2 Å². The van der Waals surface area contributed by atoms with Gasteiger partial charge in [0.15, 0.2) is 0 Å². The van der Waals surface area contributed by atoms with Gasteiger partial charge in [-0.25, -0.2) is 0 Å². The van der Waals surface area contributed by atoms with Crippen LogP contribution in [-0.4, -0.2) is 22.6 Å². The van der Waals surface area contributed by atoms with Crippen molar-refractivity contribution in [3.05, 3.63) is 0 Å². The fourth-order valence-corrected chi connectivity index (χ4v) is 4.35. The molecule has 1 unspecified atom stereocenters. The minimum atomic E-state index is -0.539. The van der Waals surface area contributed by atoms with Crippen LogP contribution in [-0.2, 0) is 4.79 Å². The van der Waals surface area contributed by atoms with Crippen LogP contribution in [0.2, 0.25) is 0 Å². The van der Waals surface area contributed by atoms with Crippen molar-refractivity contribution in [3.8, 4) is 0 Å². The number of hydrogen-bond acceptors (Lipinski definition) is 2. The van der Waals surface area contributed by atoms with Gasteiger partial charge in [0, 0.05) is 0 Å². The Kier molecular flexibility index (Phi) is 2.78. The maximum Gasteiger partial charge on any atom is 0.309 e. The second kappa shape index (κ2) is 3.76. The third kappa shape index (κ3) is 1.56. The lowest BCUT2D eigenvalue weighted by atomic mass is 9.56. The minimum absolute atomic E-state index is 0.340. The standard InChI is InChI=1S/C11H18O2S/c1-8-5-11(6-8,10(12)13)9-3-2-4-14-7-9/h8-9H,2-7H2,1H3,(H,12,13). The minimum Gasteiger partial charge on any atom is -0.481 e. The predicted molar refractivity (Wildman–Crippen MR) is 58.5 cm³/mol. The zero-order valence-corrected chi connectivity index (χ0v) is 9.48. The van der Waals surface area contributed by atoms with Gasteiger partial charge >= 0.3 is 5.97 Å². The molecule has 1 aliphatic carbocycles. The molecule has 0 spiro atoms. The maximum atomic E-state index is 11.3. The van der Waals surface area contributed by atoms with E-state index in [1.807, 2.05) is 11.8 Å². The van der Waals surface area contributed by atoms with Crippen molar-refractivity contribution in [1.29, 1.82) is 0 Å². The molecule has 2 fully saturated rings. The molecule has 3 heteroatoms. The van der Waals surface area contributed by atoms with Crippen LogP contribution in [0.4, 0.5) is 0 Å². The van der Waals surface area contributed by atoms with Gasteiger partial charge in [0.2, 0.25) is 0 Å². The smallest absolute Gasteiger partial charge is 0.309 e. The fourth-order valence-electron chi connectivity index (χ4n) is 3.04. The summed E-state index contributed by atoms with van der Waals surface area (Å²) in [6.07, 6.45) is 4.16. The second-order valence-corrected chi connectivity index (χ2v) is 6.04. The zero-order valence-electron chi connectivity index (χ0n) is 8.66. The Balaban J connectivity index is 2.07.